The predicted octanol–water partition coefficient (Wildman–Crippen LogP) is 6.19. The maximum absolute atomic E-state index is 13.9. The second-order valence-corrected chi connectivity index (χ2v) is 9.99. The summed E-state index contributed by atoms with van der Waals surface area (Å²) in [6, 6.07) is 31.5. The summed E-state index contributed by atoms with van der Waals surface area (Å²) in [5.74, 6) is -0.0575. The molecule has 1 aliphatic rings. The number of hydrogen-bond donors (Lipinski definition) is 0. The maximum Gasteiger partial charge on any atom is 0.272 e. The van der Waals surface area contributed by atoms with Gasteiger partial charge in [0.1, 0.15) is 5.69 Å². The molecule has 6 rings (SSSR count). The fourth-order valence-electron chi connectivity index (χ4n) is 4.88. The van der Waals surface area contributed by atoms with Gasteiger partial charge in [0.05, 0.1) is 11.4 Å². The fourth-order valence-corrected chi connectivity index (χ4v) is 5.11. The van der Waals surface area contributed by atoms with Crippen LogP contribution in [0.5, 0.6) is 0 Å². The van der Waals surface area contributed by atoms with Crippen LogP contribution in [-0.2, 0) is 0 Å². The van der Waals surface area contributed by atoms with Crippen LogP contribution in [0.25, 0.3) is 34.2 Å². The van der Waals surface area contributed by atoms with Crippen molar-refractivity contribution in [3.05, 3.63) is 119 Å². The zero-order chi connectivity index (χ0) is 26.6. The highest BCUT2D eigenvalue weighted by Crippen LogP contribution is 2.29. The molecule has 39 heavy (non-hydrogen) atoms. The van der Waals surface area contributed by atoms with Crippen LogP contribution in [0, 0.1) is 0 Å². The molecular weight excluding hydrogens is 506 g/mol. The normalized spacial score (nSPS) is 14.3. The van der Waals surface area contributed by atoms with Crippen molar-refractivity contribution in [3.63, 3.8) is 0 Å². The molecule has 1 aliphatic heterocycles. The number of halogens is 1. The third-order valence-electron chi connectivity index (χ3n) is 7.00. The van der Waals surface area contributed by atoms with E-state index in [0.29, 0.717) is 35.1 Å². The molecule has 194 valence electrons. The summed E-state index contributed by atoms with van der Waals surface area (Å²) >= 11 is 6.52. The van der Waals surface area contributed by atoms with Crippen LogP contribution in [-0.4, -0.2) is 63.0 Å². The van der Waals surface area contributed by atoms with E-state index in [1.165, 1.54) is 5.56 Å². The van der Waals surface area contributed by atoms with Crippen molar-refractivity contribution in [1.29, 1.82) is 0 Å². The minimum absolute atomic E-state index is 0.0575. The summed E-state index contributed by atoms with van der Waals surface area (Å²) in [6.45, 7) is 3.77. The number of carbonyl (C=O) groups is 1. The maximum atomic E-state index is 13.9. The van der Waals surface area contributed by atoms with Gasteiger partial charge in [0, 0.05) is 54.9 Å². The van der Waals surface area contributed by atoms with Gasteiger partial charge in [0.2, 0.25) is 0 Å². The van der Waals surface area contributed by atoms with Crippen molar-refractivity contribution >= 4 is 29.2 Å². The van der Waals surface area contributed by atoms with Gasteiger partial charge in [0.15, 0.2) is 5.65 Å². The van der Waals surface area contributed by atoms with Crippen molar-refractivity contribution in [2.45, 2.75) is 0 Å². The van der Waals surface area contributed by atoms with Gasteiger partial charge in [-0.25, -0.2) is 9.50 Å². The quantitative estimate of drug-likeness (QED) is 0.261. The summed E-state index contributed by atoms with van der Waals surface area (Å²) in [6.07, 6.45) is 4.33. The van der Waals surface area contributed by atoms with Gasteiger partial charge in [-0.1, -0.05) is 103 Å². The number of carbonyl (C=O) groups excluding carboxylic acids is 1. The SMILES string of the molecule is O=C(c1cc(-c2ccccc2Cl)nc2cc(-c3ccccc3)nn12)N1CCN(C/C=C/c2ccccc2)CC1. The summed E-state index contributed by atoms with van der Waals surface area (Å²) in [5.41, 5.74) is 5.46. The molecule has 3 aromatic carbocycles. The average Bonchev–Trinajstić information content (AvgIpc) is 3.42. The molecule has 0 spiro atoms. The van der Waals surface area contributed by atoms with Gasteiger partial charge in [-0.05, 0) is 17.7 Å². The Bertz CT molecular complexity index is 1620. The van der Waals surface area contributed by atoms with Crippen LogP contribution in [0.4, 0.5) is 0 Å². The Morgan fingerprint density at radius 1 is 0.821 bits per heavy atom. The topological polar surface area (TPSA) is 53.7 Å². The number of piperazine rings is 1. The van der Waals surface area contributed by atoms with Crippen molar-refractivity contribution in [1.82, 2.24) is 24.4 Å². The minimum atomic E-state index is -0.0575. The lowest BCUT2D eigenvalue weighted by atomic mass is 10.1. The second-order valence-electron chi connectivity index (χ2n) is 9.58. The molecule has 5 aromatic rings. The number of aromatic nitrogens is 3. The molecule has 0 unspecified atom stereocenters. The van der Waals surface area contributed by atoms with E-state index in [0.717, 1.165) is 36.5 Å². The standard InChI is InChI=1S/C32H28ClN5O/c33-27-16-8-7-15-26(27)29-22-30(38-31(34-29)23-28(35-38)25-13-5-2-6-14-25)32(39)37-20-18-36(19-21-37)17-9-12-24-10-3-1-4-11-24/h1-16,22-23H,17-21H2/b12-9+. The van der Waals surface area contributed by atoms with E-state index in [-0.39, 0.29) is 5.91 Å². The van der Waals surface area contributed by atoms with Crippen LogP contribution in [0.1, 0.15) is 16.1 Å². The number of benzene rings is 3. The summed E-state index contributed by atoms with van der Waals surface area (Å²) in [4.78, 5) is 23.0. The van der Waals surface area contributed by atoms with Gasteiger partial charge in [-0.2, -0.15) is 5.10 Å². The molecule has 1 saturated heterocycles. The van der Waals surface area contributed by atoms with Gasteiger partial charge < -0.3 is 4.90 Å². The number of rotatable bonds is 6. The van der Waals surface area contributed by atoms with E-state index >= 15 is 0 Å². The monoisotopic (exact) mass is 533 g/mol. The van der Waals surface area contributed by atoms with E-state index < -0.39 is 0 Å². The highest BCUT2D eigenvalue weighted by Gasteiger charge is 2.25. The van der Waals surface area contributed by atoms with Crippen molar-refractivity contribution < 1.29 is 4.79 Å². The molecule has 0 bridgehead atoms. The molecule has 1 fully saturated rings. The van der Waals surface area contributed by atoms with E-state index in [1.54, 1.807) is 4.52 Å². The van der Waals surface area contributed by atoms with Gasteiger partial charge in [-0.3, -0.25) is 9.69 Å². The first kappa shape index (κ1) is 25.0. The van der Waals surface area contributed by atoms with Crippen LogP contribution < -0.4 is 0 Å². The molecule has 0 radical (unpaired) electrons. The van der Waals surface area contributed by atoms with Gasteiger partial charge >= 0.3 is 0 Å². The molecule has 0 atom stereocenters. The first-order valence-corrected chi connectivity index (χ1v) is 13.5. The van der Waals surface area contributed by atoms with Crippen LogP contribution >= 0.6 is 11.6 Å². The lowest BCUT2D eigenvalue weighted by molar-refractivity contribution is 0.0641. The molecule has 0 saturated carbocycles. The minimum Gasteiger partial charge on any atom is -0.335 e. The Hall–Kier alpha value is -4.26. The molecule has 1 amide bonds. The van der Waals surface area contributed by atoms with Crippen molar-refractivity contribution in [3.8, 4) is 22.5 Å². The summed E-state index contributed by atoms with van der Waals surface area (Å²) in [7, 11) is 0. The highest BCUT2D eigenvalue weighted by atomic mass is 35.5. The van der Waals surface area contributed by atoms with Crippen LogP contribution in [0.3, 0.4) is 0 Å². The number of hydrogen-bond acceptors (Lipinski definition) is 4. The largest absolute Gasteiger partial charge is 0.335 e. The lowest BCUT2D eigenvalue weighted by Gasteiger charge is -2.34. The van der Waals surface area contributed by atoms with E-state index in [9.17, 15) is 4.79 Å². The molecule has 3 heterocycles. The fraction of sp³-hybridized carbons (Fsp3) is 0.156. The number of fused-ring (bicyclic) bond motifs is 1. The number of amides is 1. The van der Waals surface area contributed by atoms with E-state index in [4.69, 9.17) is 21.7 Å². The van der Waals surface area contributed by atoms with Gasteiger partial charge in [-0.15, -0.1) is 0 Å². The summed E-state index contributed by atoms with van der Waals surface area (Å²) in [5, 5.41) is 5.38. The van der Waals surface area contributed by atoms with Crippen LogP contribution in [0.15, 0.2) is 103 Å². The second kappa shape index (κ2) is 11.2. The molecule has 0 N–H and O–H groups in total. The Balaban J connectivity index is 1.26. The molecule has 7 heteroatoms. The lowest BCUT2D eigenvalue weighted by Crippen LogP contribution is -2.49. The first-order chi connectivity index (χ1) is 19.2. The highest BCUT2D eigenvalue weighted by molar-refractivity contribution is 6.33. The number of nitrogens with zero attached hydrogens (tertiary/aromatic N) is 5. The molecule has 0 aliphatic carbocycles. The molecular formula is C32H28ClN5O. The Morgan fingerprint density at radius 2 is 1.51 bits per heavy atom. The van der Waals surface area contributed by atoms with Crippen molar-refractivity contribution in [2.24, 2.45) is 0 Å². The van der Waals surface area contributed by atoms with Gasteiger partial charge in [0.25, 0.3) is 5.91 Å². The molecule has 2 aromatic heterocycles. The smallest absolute Gasteiger partial charge is 0.272 e. The van der Waals surface area contributed by atoms with E-state index in [1.807, 2.05) is 89.8 Å². The zero-order valence-electron chi connectivity index (χ0n) is 21.5. The Labute approximate surface area is 232 Å². The average molecular weight is 534 g/mol. The predicted molar refractivity (Wildman–Crippen MR) is 157 cm³/mol. The Morgan fingerprint density at radius 3 is 2.26 bits per heavy atom. The van der Waals surface area contributed by atoms with Crippen LogP contribution in [0.2, 0.25) is 5.02 Å². The first-order valence-electron chi connectivity index (χ1n) is 13.1. The van der Waals surface area contributed by atoms with E-state index in [2.05, 4.69) is 29.2 Å². The molecule has 6 nitrogen and oxygen atoms in total. The third-order valence-corrected chi connectivity index (χ3v) is 7.33. The Kier molecular flexibility index (Phi) is 7.21. The zero-order valence-corrected chi connectivity index (χ0v) is 22.2. The van der Waals surface area contributed by atoms with Crippen molar-refractivity contribution in [2.75, 3.05) is 32.7 Å². The third kappa shape index (κ3) is 5.48. The summed E-state index contributed by atoms with van der Waals surface area (Å²) < 4.78 is 1.67.